The number of likely N-dealkylation sites (N-methyl/N-ethyl adjacent to an activating group) is 1. The lowest BCUT2D eigenvalue weighted by Crippen LogP contribution is -2.44. The van der Waals surface area contributed by atoms with Crippen molar-refractivity contribution in [1.82, 2.24) is 19.9 Å². The highest BCUT2D eigenvalue weighted by molar-refractivity contribution is 5.75. The third-order valence-corrected chi connectivity index (χ3v) is 6.52. The highest BCUT2D eigenvalue weighted by Gasteiger charge is 2.44. The van der Waals surface area contributed by atoms with Gasteiger partial charge in [-0.3, -0.25) is 0 Å². The third-order valence-electron chi connectivity index (χ3n) is 6.52. The Morgan fingerprint density at radius 1 is 1.19 bits per heavy atom. The summed E-state index contributed by atoms with van der Waals surface area (Å²) in [6, 6.07) is 11.0. The number of aromatic nitrogens is 2. The molecule has 1 saturated carbocycles. The first-order valence-electron chi connectivity index (χ1n) is 11.9. The Kier molecular flexibility index (Phi) is 8.50. The molecular formula is C25H38N4O2. The fourth-order valence-corrected chi connectivity index (χ4v) is 4.27. The summed E-state index contributed by atoms with van der Waals surface area (Å²) in [7, 11) is 1.95. The maximum absolute atomic E-state index is 13.2. The predicted molar refractivity (Wildman–Crippen MR) is 123 cm³/mol. The van der Waals surface area contributed by atoms with Crippen LogP contribution < -0.4 is 0 Å². The lowest BCUT2D eigenvalue weighted by atomic mass is 9.99. The van der Waals surface area contributed by atoms with Crippen LogP contribution in [0.25, 0.3) is 0 Å². The first kappa shape index (κ1) is 23.3. The van der Waals surface area contributed by atoms with Crippen molar-refractivity contribution < 1.29 is 9.32 Å². The minimum atomic E-state index is 0.143. The molecule has 0 spiro atoms. The van der Waals surface area contributed by atoms with Crippen LogP contribution in [0.4, 0.5) is 4.79 Å². The lowest BCUT2D eigenvalue weighted by Gasteiger charge is -2.30. The first-order chi connectivity index (χ1) is 15.1. The monoisotopic (exact) mass is 426 g/mol. The molecule has 1 fully saturated rings. The van der Waals surface area contributed by atoms with E-state index in [0.29, 0.717) is 17.9 Å². The number of unbranched alkanes of at least 4 members (excludes halogenated alkanes) is 1. The van der Waals surface area contributed by atoms with Gasteiger partial charge in [0.2, 0.25) is 5.89 Å². The van der Waals surface area contributed by atoms with Crippen LogP contribution in [-0.2, 0) is 12.8 Å². The van der Waals surface area contributed by atoms with E-state index in [-0.39, 0.29) is 6.03 Å². The molecule has 6 heteroatoms. The van der Waals surface area contributed by atoms with Gasteiger partial charge < -0.3 is 14.3 Å². The van der Waals surface area contributed by atoms with Crippen LogP contribution in [0.3, 0.4) is 0 Å². The zero-order valence-electron chi connectivity index (χ0n) is 19.6. The Hall–Kier alpha value is -2.37. The van der Waals surface area contributed by atoms with E-state index in [4.69, 9.17) is 4.52 Å². The van der Waals surface area contributed by atoms with Crippen LogP contribution in [0.2, 0.25) is 0 Å². The summed E-state index contributed by atoms with van der Waals surface area (Å²) >= 11 is 0. The van der Waals surface area contributed by atoms with E-state index in [1.54, 1.807) is 0 Å². The van der Waals surface area contributed by atoms with E-state index in [0.717, 1.165) is 69.8 Å². The molecule has 3 rings (SSSR count). The van der Waals surface area contributed by atoms with Gasteiger partial charge >= 0.3 is 6.03 Å². The van der Waals surface area contributed by atoms with Gasteiger partial charge in [0.05, 0.1) is 0 Å². The Bertz CT molecular complexity index is 807. The summed E-state index contributed by atoms with van der Waals surface area (Å²) in [5, 5.41) is 4.09. The van der Waals surface area contributed by atoms with Crippen LogP contribution in [0.15, 0.2) is 34.9 Å². The summed E-state index contributed by atoms with van der Waals surface area (Å²) in [6.07, 6.45) is 6.91. The Labute approximate surface area is 187 Å². The van der Waals surface area contributed by atoms with Crippen LogP contribution >= 0.6 is 0 Å². The van der Waals surface area contributed by atoms with Gasteiger partial charge in [-0.2, -0.15) is 4.98 Å². The SMILES string of the molecule is CCCCc1noc(CCC(CC)CN(CC)C(=O)N(C)C2CC2c2ccccc2)n1. The van der Waals surface area contributed by atoms with Crippen molar-refractivity contribution in [3.63, 3.8) is 0 Å². The summed E-state index contributed by atoms with van der Waals surface area (Å²) in [5.74, 6) is 2.43. The number of benzene rings is 1. The molecule has 170 valence electrons. The average molecular weight is 427 g/mol. The fraction of sp³-hybridized carbons (Fsp3) is 0.640. The Morgan fingerprint density at radius 3 is 2.65 bits per heavy atom. The smallest absolute Gasteiger partial charge is 0.320 e. The highest BCUT2D eigenvalue weighted by Crippen LogP contribution is 2.44. The molecule has 1 heterocycles. The number of carbonyl (C=O) groups excluding carboxylic acids is 1. The standard InChI is InChI=1S/C25H38N4O2/c1-5-8-14-23-26-24(31-27-23)16-15-19(6-2)18-29(7-3)25(30)28(4)22-17-21(22)20-12-10-9-11-13-20/h9-13,19,21-22H,5-8,14-18H2,1-4H3. The molecule has 0 aliphatic heterocycles. The van der Waals surface area contributed by atoms with E-state index in [2.05, 4.69) is 55.2 Å². The van der Waals surface area contributed by atoms with Crippen molar-refractivity contribution in [3.05, 3.63) is 47.6 Å². The second-order valence-corrected chi connectivity index (χ2v) is 8.77. The van der Waals surface area contributed by atoms with Crippen molar-refractivity contribution in [2.75, 3.05) is 20.1 Å². The average Bonchev–Trinajstić information content (AvgIpc) is 3.48. The van der Waals surface area contributed by atoms with Gasteiger partial charge in [-0.15, -0.1) is 0 Å². The van der Waals surface area contributed by atoms with Gasteiger partial charge in [-0.25, -0.2) is 4.79 Å². The number of amides is 2. The van der Waals surface area contributed by atoms with Crippen LogP contribution in [0.5, 0.6) is 0 Å². The van der Waals surface area contributed by atoms with Crippen LogP contribution in [-0.4, -0.2) is 52.2 Å². The molecule has 1 aliphatic rings. The predicted octanol–water partition coefficient (Wildman–Crippen LogP) is 5.30. The molecule has 6 nitrogen and oxygen atoms in total. The number of urea groups is 1. The van der Waals surface area contributed by atoms with Crippen LogP contribution in [0, 0.1) is 5.92 Å². The molecular weight excluding hydrogens is 388 g/mol. The maximum Gasteiger partial charge on any atom is 0.320 e. The van der Waals surface area contributed by atoms with Gasteiger partial charge in [0.25, 0.3) is 0 Å². The van der Waals surface area contributed by atoms with E-state index in [9.17, 15) is 4.79 Å². The van der Waals surface area contributed by atoms with Crippen molar-refractivity contribution in [2.24, 2.45) is 5.92 Å². The van der Waals surface area contributed by atoms with Crippen molar-refractivity contribution in [3.8, 4) is 0 Å². The molecule has 31 heavy (non-hydrogen) atoms. The number of hydrogen-bond donors (Lipinski definition) is 0. The minimum Gasteiger partial charge on any atom is -0.339 e. The summed E-state index contributed by atoms with van der Waals surface area (Å²) in [6.45, 7) is 7.92. The van der Waals surface area contributed by atoms with Gasteiger partial charge in [0.1, 0.15) is 0 Å². The van der Waals surface area contributed by atoms with Crippen molar-refractivity contribution in [1.29, 1.82) is 0 Å². The topological polar surface area (TPSA) is 62.5 Å². The van der Waals surface area contributed by atoms with E-state index in [1.807, 2.05) is 22.9 Å². The number of carbonyl (C=O) groups is 1. The van der Waals surface area contributed by atoms with Gasteiger partial charge in [-0.1, -0.05) is 62.2 Å². The number of rotatable bonds is 12. The highest BCUT2D eigenvalue weighted by atomic mass is 16.5. The van der Waals surface area contributed by atoms with Crippen molar-refractivity contribution in [2.45, 2.75) is 77.7 Å². The molecule has 1 aromatic carbocycles. The maximum atomic E-state index is 13.2. The number of hydrogen-bond acceptors (Lipinski definition) is 4. The molecule has 0 radical (unpaired) electrons. The summed E-state index contributed by atoms with van der Waals surface area (Å²) < 4.78 is 5.42. The second-order valence-electron chi connectivity index (χ2n) is 8.77. The normalized spacial score (nSPS) is 18.6. The largest absolute Gasteiger partial charge is 0.339 e. The molecule has 1 aromatic heterocycles. The van der Waals surface area contributed by atoms with Gasteiger partial charge in [0.15, 0.2) is 5.82 Å². The molecule has 2 aromatic rings. The molecule has 0 saturated heterocycles. The number of aryl methyl sites for hydroxylation is 2. The van der Waals surface area contributed by atoms with Crippen LogP contribution in [0.1, 0.15) is 76.1 Å². The zero-order valence-corrected chi connectivity index (χ0v) is 19.6. The Balaban J connectivity index is 1.50. The zero-order chi connectivity index (χ0) is 22.2. The first-order valence-corrected chi connectivity index (χ1v) is 11.9. The van der Waals surface area contributed by atoms with Gasteiger partial charge in [0, 0.05) is 44.9 Å². The molecule has 3 unspecified atom stereocenters. The molecule has 1 aliphatic carbocycles. The lowest BCUT2D eigenvalue weighted by molar-refractivity contribution is 0.151. The quantitative estimate of drug-likeness (QED) is 0.462. The van der Waals surface area contributed by atoms with Crippen molar-refractivity contribution >= 4 is 6.03 Å². The summed E-state index contributed by atoms with van der Waals surface area (Å²) in [4.78, 5) is 21.6. The molecule has 0 N–H and O–H groups in total. The van der Waals surface area contributed by atoms with Gasteiger partial charge in [-0.05, 0) is 37.7 Å². The number of nitrogens with zero attached hydrogens (tertiary/aromatic N) is 4. The third kappa shape index (κ3) is 6.31. The summed E-state index contributed by atoms with van der Waals surface area (Å²) in [5.41, 5.74) is 1.33. The molecule has 0 bridgehead atoms. The van der Waals surface area contributed by atoms with E-state index >= 15 is 0 Å². The van der Waals surface area contributed by atoms with E-state index in [1.165, 1.54) is 5.56 Å². The second kappa shape index (κ2) is 11.3. The molecule has 2 amide bonds. The fourth-order valence-electron chi connectivity index (χ4n) is 4.27. The Morgan fingerprint density at radius 2 is 1.97 bits per heavy atom. The minimum absolute atomic E-state index is 0.143. The van der Waals surface area contributed by atoms with E-state index < -0.39 is 0 Å². The molecule has 3 atom stereocenters.